The molecule has 0 unspecified atom stereocenters. The Balaban J connectivity index is 1.66. The van der Waals surface area contributed by atoms with Crippen molar-refractivity contribution in [2.75, 3.05) is 12.1 Å². The van der Waals surface area contributed by atoms with Gasteiger partial charge in [0.2, 0.25) is 5.96 Å². The number of hydrazine groups is 1. The zero-order valence-corrected chi connectivity index (χ0v) is 15.0. The molecular formula is C20H32N4. The molecule has 0 aliphatic heterocycles. The number of para-hydroxylation sites is 1. The summed E-state index contributed by atoms with van der Waals surface area (Å²) in [5.41, 5.74) is 4.65. The van der Waals surface area contributed by atoms with Crippen LogP contribution in [0.4, 0.5) is 5.69 Å². The minimum atomic E-state index is 0.474. The van der Waals surface area contributed by atoms with Gasteiger partial charge < -0.3 is 5.32 Å². The topological polar surface area (TPSA) is 39.7 Å². The summed E-state index contributed by atoms with van der Waals surface area (Å²) in [5.74, 6) is 0.958. The first kappa shape index (κ1) is 17.1. The van der Waals surface area contributed by atoms with Crippen LogP contribution in [0.3, 0.4) is 0 Å². The largest absolute Gasteiger partial charge is 0.352 e. The van der Waals surface area contributed by atoms with E-state index in [1.165, 1.54) is 64.2 Å². The van der Waals surface area contributed by atoms with Crippen LogP contribution in [0.15, 0.2) is 35.3 Å². The van der Waals surface area contributed by atoms with E-state index in [4.69, 9.17) is 4.99 Å². The molecule has 2 fully saturated rings. The van der Waals surface area contributed by atoms with Gasteiger partial charge in [-0.05, 0) is 37.8 Å². The Bertz CT molecular complexity index is 502. The molecule has 132 valence electrons. The van der Waals surface area contributed by atoms with Crippen molar-refractivity contribution in [3.8, 4) is 0 Å². The lowest BCUT2D eigenvalue weighted by Crippen LogP contribution is -2.51. The van der Waals surface area contributed by atoms with E-state index in [-0.39, 0.29) is 0 Å². The lowest BCUT2D eigenvalue weighted by atomic mass is 9.95. The van der Waals surface area contributed by atoms with Crippen molar-refractivity contribution in [3.63, 3.8) is 0 Å². The molecule has 2 saturated carbocycles. The highest BCUT2D eigenvalue weighted by Crippen LogP contribution is 2.21. The summed E-state index contributed by atoms with van der Waals surface area (Å²) in [4.78, 5) is 5.05. The van der Waals surface area contributed by atoms with Crippen LogP contribution in [0.25, 0.3) is 0 Å². The van der Waals surface area contributed by atoms with Crippen molar-refractivity contribution >= 4 is 11.6 Å². The molecule has 0 bridgehead atoms. The van der Waals surface area contributed by atoms with Crippen LogP contribution in [-0.4, -0.2) is 25.1 Å². The van der Waals surface area contributed by atoms with Crippen molar-refractivity contribution < 1.29 is 0 Å². The Morgan fingerprint density at radius 3 is 2.21 bits per heavy atom. The van der Waals surface area contributed by atoms with Crippen molar-refractivity contribution in [1.82, 2.24) is 10.7 Å². The monoisotopic (exact) mass is 328 g/mol. The van der Waals surface area contributed by atoms with E-state index in [1.54, 1.807) is 0 Å². The van der Waals surface area contributed by atoms with E-state index >= 15 is 0 Å². The SMILES string of the molecule is CN(NC(=NC1CCCCC1)NC1CCCCC1)c1ccccc1. The Hall–Kier alpha value is -1.71. The van der Waals surface area contributed by atoms with E-state index in [9.17, 15) is 0 Å². The molecule has 3 rings (SSSR count). The molecule has 24 heavy (non-hydrogen) atoms. The molecule has 0 heterocycles. The minimum Gasteiger partial charge on any atom is -0.352 e. The van der Waals surface area contributed by atoms with Gasteiger partial charge in [-0.2, -0.15) is 0 Å². The third-order valence-corrected chi connectivity index (χ3v) is 5.25. The number of benzene rings is 1. The van der Waals surface area contributed by atoms with Crippen molar-refractivity contribution in [2.45, 2.75) is 76.3 Å². The normalized spacial score (nSPS) is 20.6. The number of nitrogens with one attached hydrogen (secondary N) is 2. The van der Waals surface area contributed by atoms with Crippen LogP contribution in [0.5, 0.6) is 0 Å². The molecule has 2 aliphatic carbocycles. The molecule has 4 heteroatoms. The van der Waals surface area contributed by atoms with E-state index in [2.05, 4.69) is 53.1 Å². The number of rotatable bonds is 4. The summed E-state index contributed by atoms with van der Waals surface area (Å²) < 4.78 is 0. The van der Waals surface area contributed by atoms with Gasteiger partial charge in [-0.1, -0.05) is 56.7 Å². The first-order valence-corrected chi connectivity index (χ1v) is 9.71. The van der Waals surface area contributed by atoms with Crippen molar-refractivity contribution in [1.29, 1.82) is 0 Å². The molecule has 2 N–H and O–H groups in total. The summed E-state index contributed by atoms with van der Waals surface area (Å²) in [6.07, 6.45) is 13.0. The number of aliphatic imine (C=N–C) groups is 1. The van der Waals surface area contributed by atoms with Crippen LogP contribution >= 0.6 is 0 Å². The molecular weight excluding hydrogens is 296 g/mol. The third kappa shape index (κ3) is 5.15. The summed E-state index contributed by atoms with van der Waals surface area (Å²) >= 11 is 0. The highest BCUT2D eigenvalue weighted by atomic mass is 15.5. The Morgan fingerprint density at radius 1 is 0.917 bits per heavy atom. The van der Waals surface area contributed by atoms with Crippen LogP contribution in [0.1, 0.15) is 64.2 Å². The standard InChI is InChI=1S/C20H32N4/c1-24(19-15-9-4-10-16-19)23-20(21-17-11-5-2-6-12-17)22-18-13-7-3-8-14-18/h4,9-10,15-18H,2-3,5-8,11-14H2,1H3,(H2,21,22,23). The second kappa shape index (κ2) is 8.95. The van der Waals surface area contributed by atoms with Gasteiger partial charge in [-0.25, -0.2) is 4.99 Å². The van der Waals surface area contributed by atoms with E-state index in [0.29, 0.717) is 12.1 Å². The zero-order chi connectivity index (χ0) is 16.6. The maximum Gasteiger partial charge on any atom is 0.211 e. The summed E-state index contributed by atoms with van der Waals surface area (Å²) in [5, 5.41) is 5.77. The first-order valence-electron chi connectivity index (χ1n) is 9.71. The highest BCUT2D eigenvalue weighted by Gasteiger charge is 2.18. The maximum absolute atomic E-state index is 5.05. The predicted molar refractivity (Wildman–Crippen MR) is 102 cm³/mol. The Kier molecular flexibility index (Phi) is 6.39. The summed E-state index contributed by atoms with van der Waals surface area (Å²) in [6, 6.07) is 11.5. The molecule has 0 amide bonds. The molecule has 0 radical (unpaired) electrons. The quantitative estimate of drug-likeness (QED) is 0.493. The predicted octanol–water partition coefficient (Wildman–Crippen LogP) is 4.24. The Labute approximate surface area is 146 Å². The van der Waals surface area contributed by atoms with Crippen LogP contribution in [0.2, 0.25) is 0 Å². The van der Waals surface area contributed by atoms with Gasteiger partial charge in [0.1, 0.15) is 0 Å². The molecule has 2 aliphatic rings. The van der Waals surface area contributed by atoms with Crippen molar-refractivity contribution in [3.05, 3.63) is 30.3 Å². The molecule has 0 aromatic heterocycles. The zero-order valence-electron chi connectivity index (χ0n) is 15.0. The molecule has 0 saturated heterocycles. The third-order valence-electron chi connectivity index (χ3n) is 5.25. The minimum absolute atomic E-state index is 0.474. The van der Waals surface area contributed by atoms with Crippen LogP contribution < -0.4 is 15.8 Å². The highest BCUT2D eigenvalue weighted by molar-refractivity contribution is 5.82. The first-order chi connectivity index (χ1) is 11.8. The summed E-state index contributed by atoms with van der Waals surface area (Å²) in [7, 11) is 2.06. The van der Waals surface area contributed by atoms with Gasteiger partial charge in [0.15, 0.2) is 0 Å². The lowest BCUT2D eigenvalue weighted by molar-refractivity contribution is 0.404. The van der Waals surface area contributed by atoms with E-state index in [1.807, 2.05) is 0 Å². The Morgan fingerprint density at radius 2 is 1.54 bits per heavy atom. The number of guanidine groups is 1. The van der Waals surface area contributed by atoms with Gasteiger partial charge in [0, 0.05) is 13.1 Å². The van der Waals surface area contributed by atoms with Crippen molar-refractivity contribution in [2.24, 2.45) is 4.99 Å². The van der Waals surface area contributed by atoms with E-state index < -0.39 is 0 Å². The van der Waals surface area contributed by atoms with Crippen LogP contribution in [0, 0.1) is 0 Å². The summed E-state index contributed by atoms with van der Waals surface area (Å²) in [6.45, 7) is 0. The second-order valence-electron chi connectivity index (χ2n) is 7.26. The fraction of sp³-hybridized carbons (Fsp3) is 0.650. The van der Waals surface area contributed by atoms with Crippen LogP contribution in [-0.2, 0) is 0 Å². The lowest BCUT2D eigenvalue weighted by Gasteiger charge is -2.30. The molecule has 1 aromatic rings. The van der Waals surface area contributed by atoms with Gasteiger partial charge in [0.25, 0.3) is 0 Å². The number of hydrogen-bond donors (Lipinski definition) is 2. The average molecular weight is 329 g/mol. The number of anilines is 1. The molecule has 4 nitrogen and oxygen atoms in total. The number of hydrogen-bond acceptors (Lipinski definition) is 2. The van der Waals surface area contributed by atoms with Gasteiger partial charge in [0.05, 0.1) is 11.7 Å². The van der Waals surface area contributed by atoms with Gasteiger partial charge in [-0.15, -0.1) is 0 Å². The fourth-order valence-corrected chi connectivity index (χ4v) is 3.81. The second-order valence-corrected chi connectivity index (χ2v) is 7.26. The average Bonchev–Trinajstić information content (AvgIpc) is 2.64. The fourth-order valence-electron chi connectivity index (χ4n) is 3.81. The molecule has 1 aromatic carbocycles. The van der Waals surface area contributed by atoms with Gasteiger partial charge in [-0.3, -0.25) is 10.4 Å². The number of nitrogens with zero attached hydrogens (tertiary/aromatic N) is 2. The van der Waals surface area contributed by atoms with Gasteiger partial charge >= 0.3 is 0 Å². The smallest absolute Gasteiger partial charge is 0.211 e. The maximum atomic E-state index is 5.05. The molecule has 0 spiro atoms. The molecule has 0 atom stereocenters. The van der Waals surface area contributed by atoms with E-state index in [0.717, 1.165) is 11.6 Å².